The van der Waals surface area contributed by atoms with Crippen LogP contribution in [-0.4, -0.2) is 81.7 Å². The van der Waals surface area contributed by atoms with Gasteiger partial charge in [0.15, 0.2) is 0 Å². The van der Waals surface area contributed by atoms with E-state index in [-0.39, 0.29) is 45.4 Å². The molecule has 0 atom stereocenters. The number of rotatable bonds is 9. The van der Waals surface area contributed by atoms with Crippen LogP contribution in [-0.2, 0) is 4.84 Å². The van der Waals surface area contributed by atoms with Crippen LogP contribution in [0, 0.1) is 10.8 Å². The van der Waals surface area contributed by atoms with Crippen molar-refractivity contribution >= 4 is 12.0 Å². The Hall–Kier alpha value is -3.45. The van der Waals surface area contributed by atoms with E-state index >= 15 is 0 Å². The number of aliphatic hydroxyl groups excluding tert-OH is 6. The van der Waals surface area contributed by atoms with E-state index in [1.54, 1.807) is 30.7 Å². The Kier molecular flexibility index (Phi) is 23.8. The highest BCUT2D eigenvalue weighted by Crippen LogP contribution is 2.19. The highest BCUT2D eigenvalue weighted by atomic mass is 16.6. The van der Waals surface area contributed by atoms with E-state index in [0.29, 0.717) is 18.4 Å². The van der Waals surface area contributed by atoms with Gasteiger partial charge >= 0.3 is 0 Å². The first-order valence-corrected chi connectivity index (χ1v) is 12.6. The van der Waals surface area contributed by atoms with E-state index in [0.717, 1.165) is 12.0 Å². The Bertz CT molecular complexity index is 832. The Morgan fingerprint density at radius 1 is 0.750 bits per heavy atom. The lowest BCUT2D eigenvalue weighted by Gasteiger charge is -2.24. The highest BCUT2D eigenvalue weighted by Gasteiger charge is 2.25. The lowest BCUT2D eigenvalue weighted by molar-refractivity contribution is 0.00275. The number of nitrogens with one attached hydrogen (secondary N) is 1. The molecule has 2 aromatic carbocycles. The minimum absolute atomic E-state index is 0.156. The fraction of sp³-hybridized carbons (Fsp3) is 0.414. The third-order valence-electron chi connectivity index (χ3n) is 5.83. The fourth-order valence-electron chi connectivity index (χ4n) is 2.23. The number of nitrogen functional groups attached to an aromatic ring is 1. The molecule has 0 fully saturated rings. The van der Waals surface area contributed by atoms with Gasteiger partial charge in [0, 0.05) is 28.3 Å². The molecule has 0 saturated carbocycles. The molecule has 0 spiro atoms. The number of phenols is 1. The number of para-hydroxylation sites is 1. The summed E-state index contributed by atoms with van der Waals surface area (Å²) in [6, 6.07) is 15.6. The summed E-state index contributed by atoms with van der Waals surface area (Å²) >= 11 is 0. The normalized spacial score (nSPS) is 11.3. The van der Waals surface area contributed by atoms with Gasteiger partial charge < -0.3 is 46.3 Å². The monoisotopic (exact) mass is 566 g/mol. The number of aldehydes is 1. The first-order chi connectivity index (χ1) is 19.2. The zero-order valence-corrected chi connectivity index (χ0v) is 23.3. The predicted octanol–water partition coefficient (Wildman–Crippen LogP) is 1.74. The zero-order chi connectivity index (χ0) is 30.7. The van der Waals surface area contributed by atoms with Crippen LogP contribution in [0.4, 0.5) is 5.69 Å². The lowest BCUT2D eigenvalue weighted by Crippen LogP contribution is -2.32. The van der Waals surface area contributed by atoms with E-state index in [2.05, 4.69) is 10.3 Å². The van der Waals surface area contributed by atoms with E-state index in [1.165, 1.54) is 12.1 Å². The molecule has 0 radical (unpaired) electrons. The number of phenolic OH excluding ortho intramolecular Hbond substituents is 1. The molecule has 0 aromatic heterocycles. The van der Waals surface area contributed by atoms with Gasteiger partial charge in [-0.05, 0) is 61.4 Å². The standard InChI is InChI=1S/C7H6O2.C6H7N.2C6H14O3.C4H5NO/c8-5-6-1-3-7(9)4-2-6;7-6-4-2-1-3-5-6;2*1-2-6(3-7,4-8)5-9;1-2-4-6-5-3-1/h1-5,9H;1-5H,7H2;2*7-9H,2-5H2,1H3;1-5H. The van der Waals surface area contributed by atoms with Crippen molar-refractivity contribution in [3.8, 4) is 5.75 Å². The number of aromatic hydroxyl groups is 1. The third kappa shape index (κ3) is 17.9. The minimum Gasteiger partial charge on any atom is -0.508 e. The van der Waals surface area contributed by atoms with Crippen LogP contribution >= 0.6 is 0 Å². The van der Waals surface area contributed by atoms with Crippen LogP contribution in [0.25, 0.3) is 0 Å². The smallest absolute Gasteiger partial charge is 0.150 e. The lowest BCUT2D eigenvalue weighted by atomic mass is 9.88. The average Bonchev–Trinajstić information content (AvgIpc) is 3.03. The summed E-state index contributed by atoms with van der Waals surface area (Å²) in [4.78, 5) is 14.6. The molecular formula is C29H46N2O9. The second-order valence-corrected chi connectivity index (χ2v) is 8.70. The number of benzene rings is 2. The van der Waals surface area contributed by atoms with Crippen LogP contribution in [0.1, 0.15) is 37.0 Å². The Morgan fingerprint density at radius 3 is 1.38 bits per heavy atom. The molecule has 0 saturated heterocycles. The van der Waals surface area contributed by atoms with E-state index in [1.807, 2.05) is 50.3 Å². The number of hydrogen-bond acceptors (Lipinski definition) is 11. The third-order valence-corrected chi connectivity index (χ3v) is 5.83. The van der Waals surface area contributed by atoms with E-state index < -0.39 is 10.8 Å². The van der Waals surface area contributed by atoms with Gasteiger partial charge in [-0.3, -0.25) is 4.79 Å². The number of allylic oxidation sites excluding steroid dienone is 2. The molecule has 1 heterocycles. The van der Waals surface area contributed by atoms with Crippen LogP contribution in [0.5, 0.6) is 5.75 Å². The molecule has 1 aliphatic heterocycles. The molecule has 0 unspecified atom stereocenters. The number of carbonyl (C=O) groups excluding carboxylic acids is 1. The number of carbonyl (C=O) groups is 1. The maximum atomic E-state index is 10.0. The molecule has 2 aromatic rings. The van der Waals surface area contributed by atoms with Crippen molar-refractivity contribution in [1.82, 2.24) is 5.48 Å². The molecule has 11 heteroatoms. The van der Waals surface area contributed by atoms with Gasteiger partial charge in [0.25, 0.3) is 0 Å². The molecule has 0 aliphatic carbocycles. The average molecular weight is 567 g/mol. The van der Waals surface area contributed by atoms with Crippen molar-refractivity contribution in [3.05, 3.63) is 84.8 Å². The van der Waals surface area contributed by atoms with Gasteiger partial charge in [0.2, 0.25) is 0 Å². The Morgan fingerprint density at radius 2 is 1.20 bits per heavy atom. The van der Waals surface area contributed by atoms with Gasteiger partial charge in [-0.25, -0.2) is 5.48 Å². The number of hydrogen-bond donors (Lipinski definition) is 9. The highest BCUT2D eigenvalue weighted by molar-refractivity contribution is 5.74. The van der Waals surface area contributed by atoms with Gasteiger partial charge in [0.1, 0.15) is 18.3 Å². The molecule has 10 N–H and O–H groups in total. The summed E-state index contributed by atoms with van der Waals surface area (Å²) in [6.07, 6.45) is 8.85. The first-order valence-electron chi connectivity index (χ1n) is 12.6. The van der Waals surface area contributed by atoms with Crippen LogP contribution in [0.15, 0.2) is 79.2 Å². The summed E-state index contributed by atoms with van der Waals surface area (Å²) in [6.45, 7) is 2.71. The first kappa shape index (κ1) is 38.7. The Labute approximate surface area is 236 Å². The molecule has 226 valence electrons. The van der Waals surface area contributed by atoms with Crippen LogP contribution in [0.2, 0.25) is 0 Å². The number of nitrogens with two attached hydrogens (primary N) is 1. The maximum absolute atomic E-state index is 10.0. The molecule has 40 heavy (non-hydrogen) atoms. The maximum Gasteiger partial charge on any atom is 0.150 e. The summed E-state index contributed by atoms with van der Waals surface area (Å²) in [7, 11) is 0. The number of aliphatic hydroxyl groups is 6. The molecule has 3 rings (SSSR count). The largest absolute Gasteiger partial charge is 0.508 e. The summed E-state index contributed by atoms with van der Waals surface area (Å²) in [5.74, 6) is 0.181. The topological polar surface area (TPSA) is 206 Å². The van der Waals surface area contributed by atoms with Gasteiger partial charge in [-0.2, -0.15) is 0 Å². The molecule has 0 amide bonds. The van der Waals surface area contributed by atoms with Crippen molar-refractivity contribution < 1.29 is 45.4 Å². The van der Waals surface area contributed by atoms with Crippen molar-refractivity contribution in [2.45, 2.75) is 26.7 Å². The number of anilines is 1. The van der Waals surface area contributed by atoms with Crippen molar-refractivity contribution in [2.24, 2.45) is 10.8 Å². The fourth-order valence-corrected chi connectivity index (χ4v) is 2.23. The van der Waals surface area contributed by atoms with E-state index in [4.69, 9.17) is 41.5 Å². The summed E-state index contributed by atoms with van der Waals surface area (Å²) in [5.41, 5.74) is 7.94. The summed E-state index contributed by atoms with van der Waals surface area (Å²) in [5, 5.41) is 60.7. The van der Waals surface area contributed by atoms with Gasteiger partial charge in [-0.1, -0.05) is 32.0 Å². The minimum atomic E-state index is -0.667. The second kappa shape index (κ2) is 24.6. The summed E-state index contributed by atoms with van der Waals surface area (Å²) < 4.78 is 0. The molecule has 1 aliphatic rings. The quantitative estimate of drug-likeness (QED) is 0.158. The van der Waals surface area contributed by atoms with Gasteiger partial charge in [0.05, 0.1) is 39.6 Å². The zero-order valence-electron chi connectivity index (χ0n) is 23.3. The predicted molar refractivity (Wildman–Crippen MR) is 155 cm³/mol. The van der Waals surface area contributed by atoms with Gasteiger partial charge in [-0.15, -0.1) is 0 Å². The second-order valence-electron chi connectivity index (χ2n) is 8.70. The van der Waals surface area contributed by atoms with Crippen LogP contribution in [0.3, 0.4) is 0 Å². The van der Waals surface area contributed by atoms with Crippen molar-refractivity contribution in [3.63, 3.8) is 0 Å². The number of hydroxylamine groups is 1. The SMILES string of the molecule is C1=CNOC=C1.CCC(CO)(CO)CO.CCC(CO)(CO)CO.Nc1ccccc1.O=Cc1ccc(O)cc1. The Balaban J connectivity index is 0. The molecule has 0 bridgehead atoms. The molecular weight excluding hydrogens is 520 g/mol. The van der Waals surface area contributed by atoms with E-state index in [9.17, 15) is 4.79 Å². The molecule has 11 nitrogen and oxygen atoms in total. The van der Waals surface area contributed by atoms with Crippen molar-refractivity contribution in [1.29, 1.82) is 0 Å². The van der Waals surface area contributed by atoms with Crippen molar-refractivity contribution in [2.75, 3.05) is 45.4 Å². The van der Waals surface area contributed by atoms with Crippen LogP contribution < -0.4 is 11.2 Å².